The maximum absolute atomic E-state index is 13.0. The Kier molecular flexibility index (Phi) is 7.29. The second-order valence-electron chi connectivity index (χ2n) is 12.8. The number of rotatable bonds is 8. The zero-order valence-electron chi connectivity index (χ0n) is 25.6. The van der Waals surface area contributed by atoms with Crippen molar-refractivity contribution in [1.82, 2.24) is 25.1 Å². The summed E-state index contributed by atoms with van der Waals surface area (Å²) in [6.45, 7) is 5.56. The third-order valence-electron chi connectivity index (χ3n) is 9.37. The van der Waals surface area contributed by atoms with Crippen LogP contribution in [-0.2, 0) is 22.9 Å². The molecule has 10 nitrogen and oxygen atoms in total. The van der Waals surface area contributed by atoms with Gasteiger partial charge in [-0.1, -0.05) is 30.2 Å². The first-order valence-corrected chi connectivity index (χ1v) is 16.1. The number of carbonyl (C=O) groups excluding carboxylic acids is 1. The molecule has 2 aliphatic carbocycles. The second-order valence-corrected chi connectivity index (χ2v) is 13.6. The van der Waals surface area contributed by atoms with Crippen molar-refractivity contribution in [3.63, 3.8) is 0 Å². The summed E-state index contributed by atoms with van der Waals surface area (Å²) in [6.07, 6.45) is 13.5. The predicted molar refractivity (Wildman–Crippen MR) is 177 cm³/mol. The molecule has 4 N–H and O–H groups in total. The van der Waals surface area contributed by atoms with E-state index in [-0.39, 0.29) is 11.8 Å². The summed E-state index contributed by atoms with van der Waals surface area (Å²) in [5.74, 6) is 3.62. The Hall–Kier alpha value is -4.40. The number of fused-ring (bicyclic) bond motifs is 2. The molecule has 1 saturated heterocycles. The molecule has 1 saturated carbocycles. The van der Waals surface area contributed by atoms with E-state index in [1.807, 2.05) is 50.4 Å². The number of piperidine rings is 1. The number of aryl methyl sites for hydroxylation is 1. The molecule has 1 amide bonds. The van der Waals surface area contributed by atoms with Gasteiger partial charge in [-0.05, 0) is 68.4 Å². The number of carbonyl (C=O) groups is 1. The summed E-state index contributed by atoms with van der Waals surface area (Å²) in [5.41, 5.74) is 4.39. The molecule has 11 heteroatoms. The van der Waals surface area contributed by atoms with Crippen molar-refractivity contribution in [1.29, 1.82) is 0 Å². The van der Waals surface area contributed by atoms with Crippen LogP contribution in [0.15, 0.2) is 48.8 Å². The first kappa shape index (κ1) is 29.3. The molecule has 1 aliphatic heterocycles. The van der Waals surface area contributed by atoms with Crippen molar-refractivity contribution in [3.8, 4) is 12.3 Å². The van der Waals surface area contributed by atoms with Crippen molar-refractivity contribution in [3.05, 3.63) is 65.5 Å². The van der Waals surface area contributed by atoms with E-state index in [9.17, 15) is 9.90 Å². The highest BCUT2D eigenvalue weighted by Gasteiger charge is 2.51. The summed E-state index contributed by atoms with van der Waals surface area (Å²) < 4.78 is 1.79. The highest BCUT2D eigenvalue weighted by molar-refractivity contribution is 6.19. The van der Waals surface area contributed by atoms with Crippen molar-refractivity contribution >= 4 is 50.2 Å². The third-order valence-corrected chi connectivity index (χ3v) is 10.3. The Bertz CT molecular complexity index is 1830. The number of aliphatic hydroxyl groups is 1. The summed E-state index contributed by atoms with van der Waals surface area (Å²) in [4.78, 5) is 25.0. The van der Waals surface area contributed by atoms with Crippen molar-refractivity contribution in [2.45, 2.75) is 69.3 Å². The number of hydrogen-bond acceptors (Lipinski definition) is 8. The van der Waals surface area contributed by atoms with Crippen LogP contribution < -0.4 is 20.9 Å². The van der Waals surface area contributed by atoms with Crippen LogP contribution in [0, 0.1) is 25.2 Å². The number of nitrogens with zero attached hydrogens (tertiary/aromatic N) is 5. The van der Waals surface area contributed by atoms with Gasteiger partial charge in [0.2, 0.25) is 11.9 Å². The standard InChI is InChI=1S/C34H37N8O2Si/c1-4-13-42-28-16-27(21(2)15-24(28)18-36-42)38-32-35-19-29(41-14-7-9-23(20-41)31(43)37-25-11-12-25)30(39-32)40-34(45)26-10-6-5-8-22(26)17-33(34,3)44/h1,5-6,8,10,15-16,18-19,23,25,44H,7,9,11-14,17,20H2,2-3H3,(H,37,43)(H2,35,38,39,40)/t23-,33?,34+/m0/s1. The fourth-order valence-electron chi connectivity index (χ4n) is 6.64. The minimum atomic E-state index is -1.16. The van der Waals surface area contributed by atoms with E-state index in [2.05, 4.69) is 48.2 Å². The lowest BCUT2D eigenvalue weighted by Crippen LogP contribution is -2.53. The average molecular weight is 618 g/mol. The van der Waals surface area contributed by atoms with Crippen LogP contribution in [-0.4, -0.2) is 65.7 Å². The Morgan fingerprint density at radius 1 is 1.22 bits per heavy atom. The number of nitrogens with one attached hydrogen (secondary N) is 3. The molecule has 4 aromatic rings. The quantitative estimate of drug-likeness (QED) is 0.174. The Labute approximate surface area is 266 Å². The highest BCUT2D eigenvalue weighted by Crippen LogP contribution is 2.45. The van der Waals surface area contributed by atoms with Gasteiger partial charge in [0.15, 0.2) is 5.82 Å². The van der Waals surface area contributed by atoms with Gasteiger partial charge in [0.05, 0.1) is 50.5 Å². The number of anilines is 4. The molecular formula is C34H37N8O2Si. The van der Waals surface area contributed by atoms with Crippen molar-refractivity contribution in [2.75, 3.05) is 28.6 Å². The molecule has 2 aromatic heterocycles. The third kappa shape index (κ3) is 5.42. The fraction of sp³-hybridized carbons (Fsp3) is 0.412. The van der Waals surface area contributed by atoms with Gasteiger partial charge in [-0.15, -0.1) is 6.42 Å². The summed E-state index contributed by atoms with van der Waals surface area (Å²) in [5, 5.41) is 26.3. The van der Waals surface area contributed by atoms with Crippen molar-refractivity contribution in [2.24, 2.45) is 5.92 Å². The number of benzene rings is 2. The lowest BCUT2D eigenvalue weighted by atomic mass is 9.95. The van der Waals surface area contributed by atoms with Crippen LogP contribution in [0.2, 0.25) is 0 Å². The molecule has 2 aromatic carbocycles. The lowest BCUT2D eigenvalue weighted by Gasteiger charge is -2.41. The maximum Gasteiger partial charge on any atom is 0.229 e. The number of amides is 1. The van der Waals surface area contributed by atoms with Gasteiger partial charge in [0.25, 0.3) is 0 Å². The van der Waals surface area contributed by atoms with E-state index in [4.69, 9.17) is 16.4 Å². The van der Waals surface area contributed by atoms with Crippen LogP contribution >= 0.6 is 0 Å². The first-order chi connectivity index (χ1) is 21.6. The second kappa shape index (κ2) is 11.2. The molecule has 3 aliphatic rings. The molecule has 7 rings (SSSR count). The normalized spacial score (nSPS) is 24.2. The average Bonchev–Trinajstić information content (AvgIpc) is 3.72. The molecule has 2 fully saturated rings. The van der Waals surface area contributed by atoms with E-state index >= 15 is 0 Å². The Morgan fingerprint density at radius 2 is 2.04 bits per heavy atom. The minimum absolute atomic E-state index is 0.111. The van der Waals surface area contributed by atoms with Gasteiger partial charge in [-0.3, -0.25) is 9.48 Å². The van der Waals surface area contributed by atoms with E-state index in [0.29, 0.717) is 37.3 Å². The van der Waals surface area contributed by atoms with Gasteiger partial charge in [-0.25, -0.2) is 4.98 Å². The molecule has 3 radical (unpaired) electrons. The monoisotopic (exact) mass is 617 g/mol. The summed E-state index contributed by atoms with van der Waals surface area (Å²) in [6, 6.07) is 12.4. The zero-order chi connectivity index (χ0) is 31.3. The SMILES string of the molecule is C#CCn1ncc2cc(C)c(Nc3ncc(N4CCC[C@H](C(=O)NC5CC5)C4)c(N[C@@]4([Si])c5ccccc5CC4(C)O)n3)cc21. The van der Waals surface area contributed by atoms with Crippen LogP contribution in [0.25, 0.3) is 10.9 Å². The largest absolute Gasteiger partial charge is 0.387 e. The molecule has 0 spiro atoms. The number of hydrogen-bond donors (Lipinski definition) is 4. The van der Waals surface area contributed by atoms with E-state index in [1.165, 1.54) is 0 Å². The van der Waals surface area contributed by atoms with Crippen LogP contribution in [0.1, 0.15) is 49.3 Å². The molecule has 1 unspecified atom stereocenters. The summed E-state index contributed by atoms with van der Waals surface area (Å²) >= 11 is 0. The number of aromatic nitrogens is 4. The van der Waals surface area contributed by atoms with Gasteiger partial charge in [0.1, 0.15) is 6.54 Å². The molecule has 0 bridgehead atoms. The lowest BCUT2D eigenvalue weighted by molar-refractivity contribution is -0.125. The van der Waals surface area contributed by atoms with E-state index < -0.39 is 10.8 Å². The van der Waals surface area contributed by atoms with Gasteiger partial charge in [0, 0.05) is 36.6 Å². The molecular weight excluding hydrogens is 581 g/mol. The molecule has 3 atom stereocenters. The highest BCUT2D eigenvalue weighted by atomic mass is 28.1. The first-order valence-electron chi connectivity index (χ1n) is 15.6. The van der Waals surface area contributed by atoms with Gasteiger partial charge < -0.3 is 26.0 Å². The van der Waals surface area contributed by atoms with Crippen LogP contribution in [0.3, 0.4) is 0 Å². The van der Waals surface area contributed by atoms with Crippen LogP contribution in [0.5, 0.6) is 0 Å². The van der Waals surface area contributed by atoms with Crippen LogP contribution in [0.4, 0.5) is 23.1 Å². The van der Waals surface area contributed by atoms with Gasteiger partial charge >= 0.3 is 0 Å². The summed E-state index contributed by atoms with van der Waals surface area (Å²) in [7, 11) is 4.00. The Morgan fingerprint density at radius 3 is 2.84 bits per heavy atom. The van der Waals surface area contributed by atoms with Crippen molar-refractivity contribution < 1.29 is 9.90 Å². The fourth-order valence-corrected chi connectivity index (χ4v) is 7.09. The molecule has 3 heterocycles. The van der Waals surface area contributed by atoms with Gasteiger partial charge in [-0.2, -0.15) is 10.1 Å². The maximum atomic E-state index is 13.0. The predicted octanol–water partition coefficient (Wildman–Crippen LogP) is 3.75. The molecule has 45 heavy (non-hydrogen) atoms. The van der Waals surface area contributed by atoms with E-state index in [1.54, 1.807) is 10.9 Å². The number of terminal acetylenes is 1. The molecule has 229 valence electrons. The topological polar surface area (TPSA) is 120 Å². The zero-order valence-corrected chi connectivity index (χ0v) is 26.6. The smallest absolute Gasteiger partial charge is 0.229 e. The van der Waals surface area contributed by atoms with E-state index in [0.717, 1.165) is 71.2 Å². The minimum Gasteiger partial charge on any atom is -0.387 e. The Balaban J connectivity index is 1.26.